The Morgan fingerprint density at radius 1 is 0.919 bits per heavy atom. The van der Waals surface area contributed by atoms with E-state index in [2.05, 4.69) is 10.6 Å². The van der Waals surface area contributed by atoms with E-state index in [0.29, 0.717) is 35.5 Å². The number of methoxy groups -OCH3 is 1. The molecule has 2 N–H and O–H groups in total. The van der Waals surface area contributed by atoms with Crippen molar-refractivity contribution >= 4 is 23.2 Å². The number of ether oxygens (including phenoxy) is 2. The number of aryl methyl sites for hydroxylation is 2. The molecule has 2 aromatic carbocycles. The van der Waals surface area contributed by atoms with Crippen LogP contribution >= 0.6 is 0 Å². The molecule has 2 aromatic rings. The van der Waals surface area contributed by atoms with Crippen molar-refractivity contribution in [3.8, 4) is 11.5 Å². The summed E-state index contributed by atoms with van der Waals surface area (Å²) < 4.78 is 11.4. The molecule has 192 valence electrons. The fourth-order valence-corrected chi connectivity index (χ4v) is 5.58. The van der Waals surface area contributed by atoms with E-state index < -0.39 is 5.92 Å². The molecule has 0 saturated carbocycles. The highest BCUT2D eigenvalue weighted by atomic mass is 16.5. The Kier molecular flexibility index (Phi) is 6.87. The van der Waals surface area contributed by atoms with Gasteiger partial charge in [-0.2, -0.15) is 0 Å². The van der Waals surface area contributed by atoms with E-state index in [1.54, 1.807) is 6.07 Å². The number of allylic oxidation sites excluding steroid dienone is 4. The average Bonchev–Trinajstić information content (AvgIpc) is 2.88. The van der Waals surface area contributed by atoms with Gasteiger partial charge in [0.1, 0.15) is 0 Å². The lowest BCUT2D eigenvalue weighted by Crippen LogP contribution is -2.36. The van der Waals surface area contributed by atoms with Crippen LogP contribution < -0.4 is 20.1 Å². The summed E-state index contributed by atoms with van der Waals surface area (Å²) in [6.45, 7) is 3.77. The third kappa shape index (κ3) is 4.90. The lowest BCUT2D eigenvalue weighted by Gasteiger charge is -2.37. The second-order valence-electron chi connectivity index (χ2n) is 9.96. The van der Waals surface area contributed by atoms with Crippen molar-refractivity contribution in [2.45, 2.75) is 58.3 Å². The van der Waals surface area contributed by atoms with Crippen LogP contribution in [-0.2, 0) is 14.4 Å². The first-order chi connectivity index (χ1) is 17.9. The Morgan fingerprint density at radius 2 is 1.59 bits per heavy atom. The van der Waals surface area contributed by atoms with Gasteiger partial charge in [0.2, 0.25) is 0 Å². The van der Waals surface area contributed by atoms with E-state index in [0.717, 1.165) is 59.5 Å². The van der Waals surface area contributed by atoms with Gasteiger partial charge in [0.05, 0.1) is 7.11 Å². The number of carbonyl (C=O) groups excluding carboxylic acids is 3. The van der Waals surface area contributed by atoms with Crippen LogP contribution in [0.1, 0.15) is 61.1 Å². The number of benzene rings is 2. The first-order valence-electron chi connectivity index (χ1n) is 12.8. The molecular weight excluding hydrogens is 468 g/mol. The number of nitrogens with one attached hydrogen (secondary N) is 2. The molecule has 1 amide bonds. The van der Waals surface area contributed by atoms with Gasteiger partial charge >= 0.3 is 0 Å². The largest absolute Gasteiger partial charge is 0.493 e. The van der Waals surface area contributed by atoms with Crippen LogP contribution in [0.5, 0.6) is 11.5 Å². The molecule has 7 nitrogen and oxygen atoms in total. The summed E-state index contributed by atoms with van der Waals surface area (Å²) in [5.41, 5.74) is 6.95. The number of dihydropyridines is 1. The molecule has 0 aromatic heterocycles. The Balaban J connectivity index is 1.40. The lowest BCUT2D eigenvalue weighted by atomic mass is 9.71. The molecule has 0 atom stereocenters. The molecule has 0 saturated heterocycles. The fraction of sp³-hybridized carbons (Fsp3) is 0.367. The second-order valence-corrected chi connectivity index (χ2v) is 9.96. The number of Topliss-reactive ketones (excluding diaryl/α,β-unsaturated/α-hetero) is 2. The number of anilines is 1. The topological polar surface area (TPSA) is 93.7 Å². The van der Waals surface area contributed by atoms with Crippen LogP contribution in [0.25, 0.3) is 0 Å². The standard InChI is InChI=1S/C30H32N2O5/c1-17-10-12-20(18(2)14-17)32-27(35)16-37-25-13-11-19(15-26(25)36-3)28-29-21(6-4-8-23(29)33)31-22-7-5-9-24(34)30(22)28/h10-15,28,31H,4-9,16H2,1-3H3,(H,32,35). The number of hydrogen-bond donors (Lipinski definition) is 2. The van der Waals surface area contributed by atoms with Crippen LogP contribution in [0, 0.1) is 13.8 Å². The maximum Gasteiger partial charge on any atom is 0.262 e. The van der Waals surface area contributed by atoms with E-state index in [1.807, 2.05) is 44.2 Å². The van der Waals surface area contributed by atoms with Gasteiger partial charge in [0.15, 0.2) is 29.7 Å². The Bertz CT molecular complexity index is 1310. The van der Waals surface area contributed by atoms with Crippen molar-refractivity contribution in [1.29, 1.82) is 0 Å². The molecular formula is C30H32N2O5. The summed E-state index contributed by atoms with van der Waals surface area (Å²) in [6, 6.07) is 11.3. The molecule has 3 aliphatic rings. The summed E-state index contributed by atoms with van der Waals surface area (Å²) in [7, 11) is 1.54. The molecule has 0 radical (unpaired) electrons. The van der Waals surface area contributed by atoms with E-state index in [9.17, 15) is 14.4 Å². The molecule has 5 rings (SSSR count). The lowest BCUT2D eigenvalue weighted by molar-refractivity contribution is -0.118. The number of amides is 1. The minimum atomic E-state index is -0.414. The highest BCUT2D eigenvalue weighted by molar-refractivity contribution is 6.06. The van der Waals surface area contributed by atoms with Gasteiger partial charge in [-0.1, -0.05) is 23.8 Å². The number of carbonyl (C=O) groups is 3. The zero-order chi connectivity index (χ0) is 26.1. The van der Waals surface area contributed by atoms with Gasteiger partial charge in [-0.15, -0.1) is 0 Å². The minimum Gasteiger partial charge on any atom is -0.493 e. The van der Waals surface area contributed by atoms with Crippen molar-refractivity contribution in [2.75, 3.05) is 19.0 Å². The van der Waals surface area contributed by atoms with Crippen molar-refractivity contribution in [2.24, 2.45) is 0 Å². The summed E-state index contributed by atoms with van der Waals surface area (Å²) in [6.07, 6.45) is 4.21. The highest BCUT2D eigenvalue weighted by Gasteiger charge is 2.40. The van der Waals surface area contributed by atoms with Crippen LogP contribution in [0.15, 0.2) is 58.9 Å². The molecule has 0 fully saturated rings. The quantitative estimate of drug-likeness (QED) is 0.578. The smallest absolute Gasteiger partial charge is 0.262 e. The summed E-state index contributed by atoms with van der Waals surface area (Å²) >= 11 is 0. The maximum absolute atomic E-state index is 13.1. The molecule has 0 unspecified atom stereocenters. The van der Waals surface area contributed by atoms with Crippen molar-refractivity contribution in [3.63, 3.8) is 0 Å². The fourth-order valence-electron chi connectivity index (χ4n) is 5.58. The number of rotatable bonds is 6. The van der Waals surface area contributed by atoms with E-state index >= 15 is 0 Å². The van der Waals surface area contributed by atoms with E-state index in [4.69, 9.17) is 9.47 Å². The van der Waals surface area contributed by atoms with Gasteiger partial charge < -0.3 is 20.1 Å². The van der Waals surface area contributed by atoms with Crippen LogP contribution in [0.4, 0.5) is 5.69 Å². The average molecular weight is 501 g/mol. The normalized spacial score (nSPS) is 17.7. The third-order valence-corrected chi connectivity index (χ3v) is 7.33. The van der Waals surface area contributed by atoms with E-state index in [-0.39, 0.29) is 24.1 Å². The van der Waals surface area contributed by atoms with Gasteiger partial charge in [-0.3, -0.25) is 14.4 Å². The Morgan fingerprint density at radius 3 is 2.22 bits per heavy atom. The summed E-state index contributed by atoms with van der Waals surface area (Å²) in [4.78, 5) is 38.7. The van der Waals surface area contributed by atoms with Crippen LogP contribution in [0.3, 0.4) is 0 Å². The predicted octanol–water partition coefficient (Wildman–Crippen LogP) is 5.03. The molecule has 0 bridgehead atoms. The van der Waals surface area contributed by atoms with Gasteiger partial charge in [-0.05, 0) is 68.9 Å². The zero-order valence-corrected chi connectivity index (χ0v) is 21.5. The molecule has 37 heavy (non-hydrogen) atoms. The van der Waals surface area contributed by atoms with Gasteiger partial charge in [0, 0.05) is 47.0 Å². The first kappa shape index (κ1) is 24.8. The maximum atomic E-state index is 13.1. The van der Waals surface area contributed by atoms with Crippen molar-refractivity contribution in [1.82, 2.24) is 5.32 Å². The zero-order valence-electron chi connectivity index (χ0n) is 21.5. The minimum absolute atomic E-state index is 0.0889. The SMILES string of the molecule is COc1cc(C2C3=C(CCCC3=O)NC3=C2C(=O)CCC3)ccc1OCC(=O)Nc1ccc(C)cc1C. The third-order valence-electron chi connectivity index (χ3n) is 7.33. The predicted molar refractivity (Wildman–Crippen MR) is 141 cm³/mol. The van der Waals surface area contributed by atoms with E-state index in [1.165, 1.54) is 7.11 Å². The summed E-state index contributed by atoms with van der Waals surface area (Å²) in [5, 5.41) is 6.32. The molecule has 0 spiro atoms. The molecule has 1 heterocycles. The van der Waals surface area contributed by atoms with Crippen molar-refractivity contribution < 1.29 is 23.9 Å². The van der Waals surface area contributed by atoms with Crippen molar-refractivity contribution in [3.05, 3.63) is 75.6 Å². The monoisotopic (exact) mass is 500 g/mol. The first-order valence-corrected chi connectivity index (χ1v) is 12.8. The molecule has 2 aliphatic carbocycles. The van der Waals surface area contributed by atoms with Gasteiger partial charge in [-0.25, -0.2) is 0 Å². The second kappa shape index (κ2) is 10.2. The Hall–Kier alpha value is -3.87. The van der Waals surface area contributed by atoms with Gasteiger partial charge in [0.25, 0.3) is 5.91 Å². The van der Waals surface area contributed by atoms with Crippen LogP contribution in [-0.4, -0.2) is 31.2 Å². The molecule has 1 aliphatic heterocycles. The Labute approximate surface area is 216 Å². The number of ketones is 2. The number of hydrogen-bond acceptors (Lipinski definition) is 6. The highest BCUT2D eigenvalue weighted by Crippen LogP contribution is 2.46. The molecule has 7 heteroatoms. The van der Waals surface area contributed by atoms with Crippen LogP contribution in [0.2, 0.25) is 0 Å². The summed E-state index contributed by atoms with van der Waals surface area (Å²) in [5.74, 6) is 0.358.